The van der Waals surface area contributed by atoms with Crippen molar-refractivity contribution in [2.24, 2.45) is 0 Å². The number of H-pyrrole nitrogens is 1. The molecule has 7 heteroatoms. The molecule has 1 heterocycles. The second-order valence-electron chi connectivity index (χ2n) is 5.76. The van der Waals surface area contributed by atoms with Crippen LogP contribution in [0, 0.1) is 5.82 Å². The van der Waals surface area contributed by atoms with Crippen molar-refractivity contribution in [1.29, 1.82) is 0 Å². The number of carboxylic acid groups (broad SMARTS) is 1. The van der Waals surface area contributed by atoms with Crippen LogP contribution in [0.15, 0.2) is 22.7 Å². The maximum absolute atomic E-state index is 13.8. The molecule has 118 valence electrons. The minimum atomic E-state index is -0.917. The van der Waals surface area contributed by atoms with Crippen molar-refractivity contribution >= 4 is 38.7 Å². The van der Waals surface area contributed by atoms with Crippen LogP contribution in [-0.2, 0) is 4.79 Å². The van der Waals surface area contributed by atoms with E-state index < -0.39 is 23.2 Å². The number of rotatable bonds is 5. The Kier molecular flexibility index (Phi) is 4.55. The molecular weight excluding hydrogens is 355 g/mol. The highest BCUT2D eigenvalue weighted by Crippen LogP contribution is 2.24. The van der Waals surface area contributed by atoms with E-state index in [1.807, 2.05) is 0 Å². The lowest BCUT2D eigenvalue weighted by molar-refractivity contribution is -0.137. The van der Waals surface area contributed by atoms with Gasteiger partial charge in [-0.05, 0) is 38.5 Å². The molecule has 0 bridgehead atoms. The molecule has 1 aromatic carbocycles. The van der Waals surface area contributed by atoms with Crippen LogP contribution in [0.4, 0.5) is 4.39 Å². The highest BCUT2D eigenvalue weighted by Gasteiger charge is 2.23. The quantitative estimate of drug-likeness (QED) is 0.753. The van der Waals surface area contributed by atoms with Crippen molar-refractivity contribution in [1.82, 2.24) is 10.3 Å². The molecule has 0 spiro atoms. The van der Waals surface area contributed by atoms with Crippen molar-refractivity contribution in [3.05, 3.63) is 34.2 Å². The van der Waals surface area contributed by atoms with Crippen LogP contribution in [0.1, 0.15) is 37.2 Å². The van der Waals surface area contributed by atoms with Gasteiger partial charge in [0.25, 0.3) is 5.91 Å². The molecule has 0 unspecified atom stereocenters. The van der Waals surface area contributed by atoms with Crippen molar-refractivity contribution in [2.75, 3.05) is 0 Å². The number of nitrogens with one attached hydrogen (secondary N) is 2. The largest absolute Gasteiger partial charge is 0.481 e. The summed E-state index contributed by atoms with van der Waals surface area (Å²) in [7, 11) is 0. The Bertz CT molecular complexity index is 740. The maximum Gasteiger partial charge on any atom is 0.303 e. The first-order valence-corrected chi connectivity index (χ1v) is 7.49. The van der Waals surface area contributed by atoms with E-state index in [-0.39, 0.29) is 12.1 Å². The number of benzene rings is 1. The molecule has 1 aromatic heterocycles. The third kappa shape index (κ3) is 3.85. The fourth-order valence-corrected chi connectivity index (χ4v) is 2.57. The van der Waals surface area contributed by atoms with Gasteiger partial charge in [0.1, 0.15) is 11.5 Å². The van der Waals surface area contributed by atoms with E-state index >= 15 is 0 Å². The zero-order chi connectivity index (χ0) is 16.5. The van der Waals surface area contributed by atoms with Crippen molar-refractivity contribution in [3.63, 3.8) is 0 Å². The lowest BCUT2D eigenvalue weighted by Crippen LogP contribution is -2.43. The third-order valence-electron chi connectivity index (χ3n) is 3.31. The van der Waals surface area contributed by atoms with Gasteiger partial charge in [0.15, 0.2) is 0 Å². The van der Waals surface area contributed by atoms with Crippen LogP contribution in [0.25, 0.3) is 10.9 Å². The van der Waals surface area contributed by atoms with Crippen LogP contribution in [-0.4, -0.2) is 27.5 Å². The molecule has 0 aliphatic carbocycles. The van der Waals surface area contributed by atoms with Crippen molar-refractivity contribution in [2.45, 2.75) is 32.2 Å². The number of amides is 1. The molecule has 0 saturated carbocycles. The Balaban J connectivity index is 2.19. The first-order valence-electron chi connectivity index (χ1n) is 6.70. The van der Waals surface area contributed by atoms with E-state index in [1.165, 1.54) is 12.1 Å². The number of aliphatic carboxylic acids is 1. The number of hydrogen-bond donors (Lipinski definition) is 3. The van der Waals surface area contributed by atoms with E-state index in [4.69, 9.17) is 5.11 Å². The summed E-state index contributed by atoms with van der Waals surface area (Å²) in [4.78, 5) is 25.7. The zero-order valence-electron chi connectivity index (χ0n) is 12.2. The van der Waals surface area contributed by atoms with Crippen LogP contribution >= 0.6 is 15.9 Å². The number of halogens is 2. The Hall–Kier alpha value is -1.89. The molecule has 22 heavy (non-hydrogen) atoms. The summed E-state index contributed by atoms with van der Waals surface area (Å²) in [5.41, 5.74) is 0.0714. The Labute approximate surface area is 135 Å². The number of aromatic amines is 1. The highest BCUT2D eigenvalue weighted by molar-refractivity contribution is 9.10. The molecule has 3 N–H and O–H groups in total. The van der Waals surface area contributed by atoms with Gasteiger partial charge in [-0.15, -0.1) is 0 Å². The van der Waals surface area contributed by atoms with Gasteiger partial charge < -0.3 is 15.4 Å². The van der Waals surface area contributed by atoms with Gasteiger partial charge in [-0.2, -0.15) is 0 Å². The van der Waals surface area contributed by atoms with Crippen molar-refractivity contribution in [3.8, 4) is 0 Å². The predicted molar refractivity (Wildman–Crippen MR) is 84.4 cm³/mol. The number of carbonyl (C=O) groups is 2. The molecule has 0 atom stereocenters. The second-order valence-corrected chi connectivity index (χ2v) is 6.68. The lowest BCUT2D eigenvalue weighted by atomic mass is 9.98. The van der Waals surface area contributed by atoms with Crippen LogP contribution in [0.5, 0.6) is 0 Å². The molecule has 2 aromatic rings. The van der Waals surface area contributed by atoms with E-state index in [1.54, 1.807) is 19.9 Å². The highest BCUT2D eigenvalue weighted by atomic mass is 79.9. The predicted octanol–water partition coefficient (Wildman–Crippen LogP) is 3.44. The molecule has 0 aliphatic rings. The summed E-state index contributed by atoms with van der Waals surface area (Å²) in [5.74, 6) is -1.74. The van der Waals surface area contributed by atoms with Gasteiger partial charge in [-0.1, -0.05) is 15.9 Å². The molecule has 0 fully saturated rings. The fraction of sp³-hybridized carbons (Fsp3) is 0.333. The number of fused-ring (bicyclic) bond motifs is 1. The fourth-order valence-electron chi connectivity index (χ4n) is 2.14. The first-order chi connectivity index (χ1) is 10.2. The van der Waals surface area contributed by atoms with Gasteiger partial charge in [-0.25, -0.2) is 4.39 Å². The van der Waals surface area contributed by atoms with Gasteiger partial charge in [0, 0.05) is 21.8 Å². The lowest BCUT2D eigenvalue weighted by Gasteiger charge is -2.25. The van der Waals surface area contributed by atoms with Gasteiger partial charge >= 0.3 is 5.97 Å². The van der Waals surface area contributed by atoms with E-state index in [9.17, 15) is 14.0 Å². The summed E-state index contributed by atoms with van der Waals surface area (Å²) in [6.07, 6.45) is 0.260. The Morgan fingerprint density at radius 3 is 2.68 bits per heavy atom. The number of aromatic nitrogens is 1. The van der Waals surface area contributed by atoms with Gasteiger partial charge in [0.2, 0.25) is 0 Å². The summed E-state index contributed by atoms with van der Waals surface area (Å²) < 4.78 is 14.4. The Morgan fingerprint density at radius 1 is 1.36 bits per heavy atom. The molecule has 5 nitrogen and oxygen atoms in total. The minimum absolute atomic E-state index is 0.0401. The van der Waals surface area contributed by atoms with Crippen LogP contribution in [0.2, 0.25) is 0 Å². The molecule has 0 aliphatic heterocycles. The summed E-state index contributed by atoms with van der Waals surface area (Å²) >= 11 is 3.20. The zero-order valence-corrected chi connectivity index (χ0v) is 13.8. The van der Waals surface area contributed by atoms with Gasteiger partial charge in [0.05, 0.1) is 5.52 Å². The molecule has 0 saturated heterocycles. The van der Waals surface area contributed by atoms with Crippen LogP contribution in [0.3, 0.4) is 0 Å². The average Bonchev–Trinajstić information content (AvgIpc) is 2.80. The maximum atomic E-state index is 13.8. The number of carbonyl (C=O) groups excluding carboxylic acids is 1. The minimum Gasteiger partial charge on any atom is -0.481 e. The van der Waals surface area contributed by atoms with E-state index in [2.05, 4.69) is 26.2 Å². The van der Waals surface area contributed by atoms with Gasteiger partial charge in [-0.3, -0.25) is 9.59 Å². The second kappa shape index (κ2) is 6.08. The third-order valence-corrected chi connectivity index (χ3v) is 3.77. The molecule has 2 rings (SSSR count). The standard InChI is InChI=1S/C15H16BrFN2O3/c1-15(2,4-3-13(20)21)19-14(22)12-7-9-10(17)5-8(16)6-11(9)18-12/h5-7,18H,3-4H2,1-2H3,(H,19,22)(H,20,21). The van der Waals surface area contributed by atoms with E-state index in [0.29, 0.717) is 21.8 Å². The number of hydrogen-bond acceptors (Lipinski definition) is 2. The van der Waals surface area contributed by atoms with E-state index in [0.717, 1.165) is 0 Å². The summed E-state index contributed by atoms with van der Waals surface area (Å²) in [5, 5.41) is 11.8. The average molecular weight is 371 g/mol. The monoisotopic (exact) mass is 370 g/mol. The normalized spacial score (nSPS) is 11.6. The van der Waals surface area contributed by atoms with Crippen LogP contribution < -0.4 is 5.32 Å². The molecular formula is C15H16BrFN2O3. The summed E-state index contributed by atoms with van der Waals surface area (Å²) in [6.45, 7) is 3.49. The first kappa shape index (κ1) is 16.5. The molecule has 0 radical (unpaired) electrons. The SMILES string of the molecule is CC(C)(CCC(=O)O)NC(=O)c1cc2c(F)cc(Br)cc2[nH]1. The summed E-state index contributed by atoms with van der Waals surface area (Å²) in [6, 6.07) is 4.46. The smallest absolute Gasteiger partial charge is 0.303 e. The number of carboxylic acids is 1. The Morgan fingerprint density at radius 2 is 2.05 bits per heavy atom. The molecule has 1 amide bonds. The topological polar surface area (TPSA) is 82.2 Å². The van der Waals surface area contributed by atoms with Crippen molar-refractivity contribution < 1.29 is 19.1 Å².